The minimum absolute atomic E-state index is 0. The maximum Gasteiger partial charge on any atom is 0.255 e. The van der Waals surface area contributed by atoms with Gasteiger partial charge in [0.2, 0.25) is 0 Å². The molecule has 1 heterocycles. The quantitative estimate of drug-likeness (QED) is 0.293. The number of nitrogens with one attached hydrogen (secondary N) is 1. The molecule has 1 fully saturated rings. The van der Waals surface area contributed by atoms with Crippen LogP contribution < -0.4 is 11.1 Å². The summed E-state index contributed by atoms with van der Waals surface area (Å²) in [6.45, 7) is 4.92. The third-order valence-electron chi connectivity index (χ3n) is 3.80. The van der Waals surface area contributed by atoms with E-state index in [1.54, 1.807) is 18.2 Å². The number of rotatable bonds is 4. The van der Waals surface area contributed by atoms with Gasteiger partial charge in [0.05, 0.1) is 12.1 Å². The molecule has 4 N–H and O–H groups in total. The fourth-order valence-electron chi connectivity index (χ4n) is 2.60. The normalized spacial score (nSPS) is 18.2. The first-order valence-corrected chi connectivity index (χ1v) is 7.69. The summed E-state index contributed by atoms with van der Waals surface area (Å²) in [7, 11) is 0. The van der Waals surface area contributed by atoms with Crippen molar-refractivity contribution in [2.75, 3.05) is 26.2 Å². The van der Waals surface area contributed by atoms with E-state index in [1.807, 2.05) is 0 Å². The molecule has 0 aromatic heterocycles. The van der Waals surface area contributed by atoms with Gasteiger partial charge < -0.3 is 21.1 Å². The van der Waals surface area contributed by atoms with Crippen LogP contribution in [-0.4, -0.2) is 48.1 Å². The SMILES string of the molecule is CC1CCCN(C(N)=NCCNC(=O)c2ccccc2O)C1.I. The van der Waals surface area contributed by atoms with Crippen LogP contribution in [0.5, 0.6) is 5.75 Å². The van der Waals surface area contributed by atoms with Crippen molar-refractivity contribution < 1.29 is 9.90 Å². The Morgan fingerprint density at radius 3 is 2.91 bits per heavy atom. The zero-order chi connectivity index (χ0) is 15.9. The number of hydrogen-bond donors (Lipinski definition) is 3. The number of likely N-dealkylation sites (tertiary alicyclic amines) is 1. The van der Waals surface area contributed by atoms with Crippen molar-refractivity contribution in [1.82, 2.24) is 10.2 Å². The van der Waals surface area contributed by atoms with E-state index in [4.69, 9.17) is 5.73 Å². The highest BCUT2D eigenvalue weighted by Gasteiger charge is 2.17. The average Bonchev–Trinajstić information content (AvgIpc) is 2.51. The minimum atomic E-state index is -0.307. The summed E-state index contributed by atoms with van der Waals surface area (Å²) < 4.78 is 0. The number of carbonyl (C=O) groups is 1. The summed E-state index contributed by atoms with van der Waals surface area (Å²) in [6.07, 6.45) is 2.38. The smallest absolute Gasteiger partial charge is 0.255 e. The Hall–Kier alpha value is -1.51. The van der Waals surface area contributed by atoms with Gasteiger partial charge in [-0.2, -0.15) is 0 Å². The summed E-state index contributed by atoms with van der Waals surface area (Å²) in [5.41, 5.74) is 6.25. The maximum absolute atomic E-state index is 11.9. The molecule has 0 saturated carbocycles. The van der Waals surface area contributed by atoms with Gasteiger partial charge >= 0.3 is 0 Å². The lowest BCUT2D eigenvalue weighted by atomic mass is 10.0. The van der Waals surface area contributed by atoms with Crippen LogP contribution in [0.1, 0.15) is 30.1 Å². The van der Waals surface area contributed by atoms with Crippen molar-refractivity contribution in [3.63, 3.8) is 0 Å². The van der Waals surface area contributed by atoms with Crippen molar-refractivity contribution in [1.29, 1.82) is 0 Å². The second-order valence-corrected chi connectivity index (χ2v) is 5.71. The summed E-state index contributed by atoms with van der Waals surface area (Å²) in [5.74, 6) is 0.857. The molecule has 7 heteroatoms. The molecule has 1 amide bonds. The van der Waals surface area contributed by atoms with Gasteiger partial charge in [-0.05, 0) is 30.9 Å². The minimum Gasteiger partial charge on any atom is -0.507 e. The zero-order valence-electron chi connectivity index (χ0n) is 13.4. The highest BCUT2D eigenvalue weighted by Crippen LogP contribution is 2.15. The Kier molecular flexibility index (Phi) is 8.15. The highest BCUT2D eigenvalue weighted by molar-refractivity contribution is 14.0. The predicted molar refractivity (Wildman–Crippen MR) is 102 cm³/mol. The van der Waals surface area contributed by atoms with E-state index < -0.39 is 0 Å². The lowest BCUT2D eigenvalue weighted by molar-refractivity contribution is 0.0952. The topological polar surface area (TPSA) is 91.0 Å². The number of halogens is 1. The third kappa shape index (κ3) is 5.89. The number of nitrogens with two attached hydrogens (primary N) is 1. The van der Waals surface area contributed by atoms with E-state index in [1.165, 1.54) is 12.5 Å². The Morgan fingerprint density at radius 1 is 1.48 bits per heavy atom. The van der Waals surface area contributed by atoms with Gasteiger partial charge in [0.15, 0.2) is 5.96 Å². The lowest BCUT2D eigenvalue weighted by Gasteiger charge is -2.31. The summed E-state index contributed by atoms with van der Waals surface area (Å²) >= 11 is 0. The Labute approximate surface area is 154 Å². The van der Waals surface area contributed by atoms with Gasteiger partial charge in [0, 0.05) is 19.6 Å². The van der Waals surface area contributed by atoms with Crippen LogP contribution in [0.2, 0.25) is 0 Å². The Morgan fingerprint density at radius 2 is 2.22 bits per heavy atom. The molecule has 128 valence electrons. The van der Waals surface area contributed by atoms with Gasteiger partial charge in [-0.3, -0.25) is 9.79 Å². The first-order valence-electron chi connectivity index (χ1n) is 7.69. The molecule has 1 aromatic carbocycles. The zero-order valence-corrected chi connectivity index (χ0v) is 15.7. The number of hydrogen-bond acceptors (Lipinski definition) is 3. The number of nitrogens with zero attached hydrogens (tertiary/aromatic N) is 2. The number of amides is 1. The Bertz CT molecular complexity index is 551. The van der Waals surface area contributed by atoms with Crippen molar-refractivity contribution in [2.24, 2.45) is 16.6 Å². The van der Waals surface area contributed by atoms with Gasteiger partial charge in [-0.1, -0.05) is 19.1 Å². The molecular formula is C16H25IN4O2. The second kappa shape index (κ2) is 9.59. The summed E-state index contributed by atoms with van der Waals surface area (Å²) in [5, 5.41) is 12.3. The van der Waals surface area contributed by atoms with Crippen LogP contribution in [0.15, 0.2) is 29.3 Å². The molecule has 2 rings (SSSR count). The number of phenolic OH excluding ortho intramolecular Hbond substituents is 1. The molecule has 1 saturated heterocycles. The van der Waals surface area contributed by atoms with Gasteiger partial charge in [-0.25, -0.2) is 0 Å². The third-order valence-corrected chi connectivity index (χ3v) is 3.80. The second-order valence-electron chi connectivity index (χ2n) is 5.71. The van der Waals surface area contributed by atoms with E-state index in [2.05, 4.69) is 22.1 Å². The first kappa shape index (κ1) is 19.5. The average molecular weight is 432 g/mol. The van der Waals surface area contributed by atoms with Gasteiger partial charge in [0.1, 0.15) is 5.75 Å². The van der Waals surface area contributed by atoms with Crippen LogP contribution in [0.3, 0.4) is 0 Å². The molecule has 6 nitrogen and oxygen atoms in total. The van der Waals surface area contributed by atoms with Crippen molar-refractivity contribution in [3.8, 4) is 5.75 Å². The van der Waals surface area contributed by atoms with Crippen LogP contribution >= 0.6 is 24.0 Å². The molecule has 1 atom stereocenters. The standard InChI is InChI=1S/C16H24N4O2.HI/c1-12-5-4-10-20(11-12)16(17)19-9-8-18-15(22)13-6-2-3-7-14(13)21;/h2-3,6-7,12,21H,4-5,8-11H2,1H3,(H2,17,19)(H,18,22);1H. The number of piperidine rings is 1. The molecular weight excluding hydrogens is 407 g/mol. The van der Waals surface area contributed by atoms with E-state index in [9.17, 15) is 9.90 Å². The number of phenols is 1. The van der Waals surface area contributed by atoms with Gasteiger partial charge in [0.25, 0.3) is 5.91 Å². The fourth-order valence-corrected chi connectivity index (χ4v) is 2.60. The largest absolute Gasteiger partial charge is 0.507 e. The van der Waals surface area contributed by atoms with Crippen molar-refractivity contribution >= 4 is 35.8 Å². The molecule has 1 aliphatic rings. The molecule has 0 spiro atoms. The molecule has 1 aromatic rings. The molecule has 0 aliphatic carbocycles. The highest BCUT2D eigenvalue weighted by atomic mass is 127. The van der Waals surface area contributed by atoms with E-state index in [0.29, 0.717) is 25.0 Å². The Balaban J connectivity index is 0.00000264. The van der Waals surface area contributed by atoms with Crippen molar-refractivity contribution in [2.45, 2.75) is 19.8 Å². The molecule has 23 heavy (non-hydrogen) atoms. The first-order chi connectivity index (χ1) is 10.6. The number of benzene rings is 1. The van der Waals surface area contributed by atoms with Gasteiger partial charge in [-0.15, -0.1) is 24.0 Å². The number of guanidine groups is 1. The van der Waals surface area contributed by atoms with Crippen LogP contribution in [-0.2, 0) is 0 Å². The summed E-state index contributed by atoms with van der Waals surface area (Å²) in [4.78, 5) is 18.3. The lowest BCUT2D eigenvalue weighted by Crippen LogP contribution is -2.43. The molecule has 0 bridgehead atoms. The maximum atomic E-state index is 11.9. The van der Waals surface area contributed by atoms with E-state index in [-0.39, 0.29) is 41.2 Å². The van der Waals surface area contributed by atoms with Crippen LogP contribution in [0.25, 0.3) is 0 Å². The number of aromatic hydroxyl groups is 1. The number of para-hydroxylation sites is 1. The van der Waals surface area contributed by atoms with Crippen LogP contribution in [0.4, 0.5) is 0 Å². The fraction of sp³-hybridized carbons (Fsp3) is 0.500. The van der Waals surface area contributed by atoms with E-state index >= 15 is 0 Å². The predicted octanol–water partition coefficient (Wildman–Crippen LogP) is 1.79. The van der Waals surface area contributed by atoms with Crippen LogP contribution in [0, 0.1) is 5.92 Å². The number of aliphatic imine (C=N–C) groups is 1. The molecule has 0 radical (unpaired) electrons. The molecule has 1 aliphatic heterocycles. The number of carbonyl (C=O) groups excluding carboxylic acids is 1. The monoisotopic (exact) mass is 432 g/mol. The molecule has 1 unspecified atom stereocenters. The van der Waals surface area contributed by atoms with E-state index in [0.717, 1.165) is 19.5 Å². The van der Waals surface area contributed by atoms with Crippen molar-refractivity contribution in [3.05, 3.63) is 29.8 Å². The summed E-state index contributed by atoms with van der Waals surface area (Å²) in [6, 6.07) is 6.46.